The van der Waals surface area contributed by atoms with Crippen LogP contribution in [-0.4, -0.2) is 28.1 Å². The van der Waals surface area contributed by atoms with Crippen molar-refractivity contribution in [1.29, 1.82) is 0 Å². The smallest absolute Gasteiger partial charge is 0.253 e. The zero-order valence-electron chi connectivity index (χ0n) is 14.7. The third-order valence-electron chi connectivity index (χ3n) is 4.12. The van der Waals surface area contributed by atoms with E-state index in [1.54, 1.807) is 18.3 Å². The Labute approximate surface area is 166 Å². The molecular formula is C19H18Cl2N4O2. The van der Waals surface area contributed by atoms with Crippen LogP contribution in [0.2, 0.25) is 10.0 Å². The van der Waals surface area contributed by atoms with E-state index in [2.05, 4.69) is 20.8 Å². The molecule has 0 aliphatic rings. The van der Waals surface area contributed by atoms with Gasteiger partial charge >= 0.3 is 0 Å². The molecule has 0 saturated heterocycles. The lowest BCUT2D eigenvalue weighted by atomic mass is 10.0. The molecule has 140 valence electrons. The van der Waals surface area contributed by atoms with Gasteiger partial charge in [-0.05, 0) is 42.3 Å². The first kappa shape index (κ1) is 19.2. The molecule has 0 saturated carbocycles. The van der Waals surface area contributed by atoms with E-state index in [0.29, 0.717) is 10.7 Å². The van der Waals surface area contributed by atoms with E-state index in [4.69, 9.17) is 23.2 Å². The number of amides is 2. The number of nitrogens with zero attached hydrogens (tertiary/aromatic N) is 1. The van der Waals surface area contributed by atoms with E-state index in [1.165, 1.54) is 12.1 Å². The lowest BCUT2D eigenvalue weighted by Crippen LogP contribution is -2.47. The Kier molecular flexibility index (Phi) is 5.68. The van der Waals surface area contributed by atoms with Gasteiger partial charge in [-0.15, -0.1) is 0 Å². The zero-order valence-corrected chi connectivity index (χ0v) is 16.2. The van der Waals surface area contributed by atoms with Crippen molar-refractivity contribution in [3.8, 4) is 0 Å². The second kappa shape index (κ2) is 7.98. The van der Waals surface area contributed by atoms with Crippen LogP contribution in [0.3, 0.4) is 0 Å². The molecule has 1 aromatic heterocycles. The fraction of sp³-hybridized carbons (Fsp3) is 0.211. The van der Waals surface area contributed by atoms with E-state index in [1.807, 2.05) is 26.0 Å². The summed E-state index contributed by atoms with van der Waals surface area (Å²) in [6, 6.07) is 9.27. The monoisotopic (exact) mass is 404 g/mol. The Hall–Kier alpha value is -2.57. The molecule has 0 fully saturated rings. The predicted molar refractivity (Wildman–Crippen MR) is 107 cm³/mol. The summed E-state index contributed by atoms with van der Waals surface area (Å²) in [5.41, 5.74) is 1.76. The van der Waals surface area contributed by atoms with Gasteiger partial charge in [0.05, 0.1) is 22.3 Å². The van der Waals surface area contributed by atoms with Crippen molar-refractivity contribution in [2.75, 3.05) is 5.32 Å². The largest absolute Gasteiger partial charge is 0.340 e. The van der Waals surface area contributed by atoms with Crippen LogP contribution < -0.4 is 10.6 Å². The normalized spacial score (nSPS) is 12.2. The van der Waals surface area contributed by atoms with Crippen molar-refractivity contribution in [3.05, 3.63) is 58.2 Å². The van der Waals surface area contributed by atoms with Crippen LogP contribution in [0.25, 0.3) is 10.9 Å². The molecule has 3 N–H and O–H groups in total. The summed E-state index contributed by atoms with van der Waals surface area (Å²) < 4.78 is 0. The first-order valence-electron chi connectivity index (χ1n) is 8.35. The van der Waals surface area contributed by atoms with Crippen LogP contribution in [0, 0.1) is 5.92 Å². The average molecular weight is 405 g/mol. The molecule has 1 unspecified atom stereocenters. The van der Waals surface area contributed by atoms with Crippen LogP contribution in [-0.2, 0) is 4.79 Å². The van der Waals surface area contributed by atoms with Gasteiger partial charge in [-0.1, -0.05) is 37.0 Å². The third-order valence-corrected chi connectivity index (χ3v) is 4.67. The second-order valence-corrected chi connectivity index (χ2v) is 7.32. The summed E-state index contributed by atoms with van der Waals surface area (Å²) in [6.07, 6.45) is 1.68. The van der Waals surface area contributed by atoms with Crippen molar-refractivity contribution < 1.29 is 9.59 Å². The van der Waals surface area contributed by atoms with E-state index in [-0.39, 0.29) is 22.4 Å². The quantitative estimate of drug-likeness (QED) is 0.593. The molecular weight excluding hydrogens is 387 g/mol. The summed E-state index contributed by atoms with van der Waals surface area (Å²) in [4.78, 5) is 25.3. The van der Waals surface area contributed by atoms with Gasteiger partial charge < -0.3 is 10.6 Å². The van der Waals surface area contributed by atoms with Gasteiger partial charge in [-0.3, -0.25) is 14.7 Å². The van der Waals surface area contributed by atoms with Gasteiger partial charge in [0.2, 0.25) is 5.91 Å². The molecule has 3 rings (SSSR count). The Morgan fingerprint density at radius 2 is 1.89 bits per heavy atom. The molecule has 0 bridgehead atoms. The number of carbonyl (C=O) groups is 2. The SMILES string of the molecule is CC(C)C(NC(=O)c1ccc(Cl)cc1Cl)C(=O)Nc1ccc2[nH]ncc2c1. The van der Waals surface area contributed by atoms with Crippen molar-refractivity contribution in [2.45, 2.75) is 19.9 Å². The maximum atomic E-state index is 12.7. The van der Waals surface area contributed by atoms with Crippen LogP contribution in [0.15, 0.2) is 42.6 Å². The second-order valence-electron chi connectivity index (χ2n) is 6.48. The van der Waals surface area contributed by atoms with Gasteiger partial charge in [0.1, 0.15) is 6.04 Å². The number of fused-ring (bicyclic) bond motifs is 1. The summed E-state index contributed by atoms with van der Waals surface area (Å²) in [5.74, 6) is -0.875. The number of hydrogen-bond donors (Lipinski definition) is 3. The van der Waals surface area contributed by atoms with Gasteiger partial charge in [0.25, 0.3) is 5.91 Å². The zero-order chi connectivity index (χ0) is 19.6. The minimum atomic E-state index is -0.732. The number of carbonyl (C=O) groups excluding carboxylic acids is 2. The number of H-pyrrole nitrogens is 1. The number of aromatic nitrogens is 2. The minimum Gasteiger partial charge on any atom is -0.340 e. The number of rotatable bonds is 5. The van der Waals surface area contributed by atoms with E-state index >= 15 is 0 Å². The summed E-state index contributed by atoms with van der Waals surface area (Å²) in [7, 11) is 0. The highest BCUT2D eigenvalue weighted by Gasteiger charge is 2.25. The van der Waals surface area contributed by atoms with Gasteiger partial charge in [0.15, 0.2) is 0 Å². The van der Waals surface area contributed by atoms with Crippen molar-refractivity contribution in [2.24, 2.45) is 5.92 Å². The highest BCUT2D eigenvalue weighted by atomic mass is 35.5. The molecule has 0 radical (unpaired) electrons. The average Bonchev–Trinajstić information content (AvgIpc) is 3.06. The molecule has 2 amide bonds. The number of benzene rings is 2. The standard InChI is InChI=1S/C19H18Cl2N4O2/c1-10(2)17(24-18(26)14-5-3-12(20)8-15(14)21)19(27)23-13-4-6-16-11(7-13)9-22-25-16/h3-10,17H,1-2H3,(H,22,25)(H,23,27)(H,24,26). The number of nitrogens with one attached hydrogen (secondary N) is 3. The fourth-order valence-corrected chi connectivity index (χ4v) is 3.16. The summed E-state index contributed by atoms with van der Waals surface area (Å²) >= 11 is 12.0. The minimum absolute atomic E-state index is 0.127. The maximum absolute atomic E-state index is 12.7. The maximum Gasteiger partial charge on any atom is 0.253 e. The Morgan fingerprint density at radius 1 is 1.11 bits per heavy atom. The van der Waals surface area contributed by atoms with Gasteiger partial charge in [0, 0.05) is 16.1 Å². The lowest BCUT2D eigenvalue weighted by molar-refractivity contribution is -0.118. The van der Waals surface area contributed by atoms with Gasteiger partial charge in [-0.25, -0.2) is 0 Å². The van der Waals surface area contributed by atoms with Gasteiger partial charge in [-0.2, -0.15) is 5.10 Å². The first-order chi connectivity index (χ1) is 12.8. The van der Waals surface area contributed by atoms with Crippen molar-refractivity contribution in [1.82, 2.24) is 15.5 Å². The number of hydrogen-bond acceptors (Lipinski definition) is 3. The molecule has 8 heteroatoms. The topological polar surface area (TPSA) is 86.9 Å². The number of aromatic amines is 1. The van der Waals surface area contributed by atoms with E-state index in [9.17, 15) is 9.59 Å². The fourth-order valence-electron chi connectivity index (χ4n) is 2.67. The summed E-state index contributed by atoms with van der Waals surface area (Å²) in [5, 5.41) is 13.9. The first-order valence-corrected chi connectivity index (χ1v) is 9.10. The van der Waals surface area contributed by atoms with Crippen LogP contribution in [0.4, 0.5) is 5.69 Å². The molecule has 0 aliphatic carbocycles. The molecule has 6 nitrogen and oxygen atoms in total. The molecule has 0 spiro atoms. The highest BCUT2D eigenvalue weighted by molar-refractivity contribution is 6.36. The van der Waals surface area contributed by atoms with Crippen LogP contribution in [0.5, 0.6) is 0 Å². The third kappa shape index (κ3) is 4.40. The Bertz CT molecular complexity index is 1000. The number of anilines is 1. The molecule has 27 heavy (non-hydrogen) atoms. The molecule has 1 atom stereocenters. The summed E-state index contributed by atoms with van der Waals surface area (Å²) in [6.45, 7) is 3.71. The predicted octanol–water partition coefficient (Wildman–Crippen LogP) is 4.26. The van der Waals surface area contributed by atoms with Crippen molar-refractivity contribution >= 4 is 51.6 Å². The van der Waals surface area contributed by atoms with Crippen LogP contribution in [0.1, 0.15) is 24.2 Å². The molecule has 2 aromatic carbocycles. The van der Waals surface area contributed by atoms with Crippen LogP contribution >= 0.6 is 23.2 Å². The molecule has 0 aliphatic heterocycles. The van der Waals surface area contributed by atoms with E-state index < -0.39 is 11.9 Å². The van der Waals surface area contributed by atoms with E-state index in [0.717, 1.165) is 10.9 Å². The Morgan fingerprint density at radius 3 is 2.59 bits per heavy atom. The molecule has 3 aromatic rings. The Balaban J connectivity index is 1.75. The lowest BCUT2D eigenvalue weighted by Gasteiger charge is -2.22. The highest BCUT2D eigenvalue weighted by Crippen LogP contribution is 2.22. The number of halogens is 2. The van der Waals surface area contributed by atoms with Crippen molar-refractivity contribution in [3.63, 3.8) is 0 Å². The molecule has 1 heterocycles.